The summed E-state index contributed by atoms with van der Waals surface area (Å²) in [4.78, 5) is 11.0. The number of aryl methyl sites for hydroxylation is 2. The number of nitrogens with one attached hydrogen (secondary N) is 1. The Labute approximate surface area is 133 Å². The molecular weight excluding hydrogens is 326 g/mol. The lowest BCUT2D eigenvalue weighted by Gasteiger charge is -2.11. The van der Waals surface area contributed by atoms with E-state index in [-0.39, 0.29) is 21.2 Å². The van der Waals surface area contributed by atoms with Crippen molar-refractivity contribution in [2.75, 3.05) is 4.72 Å². The average Bonchev–Trinajstić information content (AvgIpc) is 2.42. The van der Waals surface area contributed by atoms with Crippen molar-refractivity contribution in [3.8, 4) is 0 Å². The van der Waals surface area contributed by atoms with Crippen molar-refractivity contribution in [1.29, 1.82) is 0 Å². The second kappa shape index (κ2) is 5.98. The Morgan fingerprint density at radius 3 is 2.41 bits per heavy atom. The summed E-state index contributed by atoms with van der Waals surface area (Å²) in [6, 6.07) is 8.85. The third-order valence-electron chi connectivity index (χ3n) is 3.12. The Balaban J connectivity index is 2.42. The third-order valence-corrected chi connectivity index (χ3v) is 4.79. The molecule has 5 nitrogen and oxygen atoms in total. The molecule has 0 amide bonds. The van der Waals surface area contributed by atoms with Crippen molar-refractivity contribution < 1.29 is 18.3 Å². The number of halogens is 1. The highest BCUT2D eigenvalue weighted by Crippen LogP contribution is 2.26. The van der Waals surface area contributed by atoms with Gasteiger partial charge in [-0.1, -0.05) is 23.7 Å². The fourth-order valence-electron chi connectivity index (χ4n) is 1.91. The second-order valence-electron chi connectivity index (χ2n) is 4.87. The van der Waals surface area contributed by atoms with Gasteiger partial charge in [-0.25, -0.2) is 13.2 Å². The van der Waals surface area contributed by atoms with E-state index in [0.717, 1.165) is 11.6 Å². The van der Waals surface area contributed by atoms with Gasteiger partial charge in [-0.15, -0.1) is 0 Å². The quantitative estimate of drug-likeness (QED) is 0.893. The molecule has 0 aliphatic carbocycles. The predicted molar refractivity (Wildman–Crippen MR) is 85.1 cm³/mol. The fraction of sp³-hybridized carbons (Fsp3) is 0.133. The van der Waals surface area contributed by atoms with Gasteiger partial charge >= 0.3 is 5.97 Å². The van der Waals surface area contributed by atoms with Gasteiger partial charge in [-0.2, -0.15) is 0 Å². The summed E-state index contributed by atoms with van der Waals surface area (Å²) in [5, 5.41) is 9.36. The Kier molecular flexibility index (Phi) is 4.44. The largest absolute Gasteiger partial charge is 0.478 e. The van der Waals surface area contributed by atoms with Crippen LogP contribution in [0.4, 0.5) is 5.69 Å². The molecule has 116 valence electrons. The first-order chi connectivity index (χ1) is 10.2. The number of sulfonamides is 1. The van der Waals surface area contributed by atoms with E-state index in [1.165, 1.54) is 12.1 Å². The Hall–Kier alpha value is -2.05. The minimum absolute atomic E-state index is 0.0575. The first kappa shape index (κ1) is 16.3. The first-order valence-electron chi connectivity index (χ1n) is 6.33. The number of carboxylic acid groups (broad SMARTS) is 1. The van der Waals surface area contributed by atoms with Crippen LogP contribution in [0.2, 0.25) is 5.02 Å². The monoisotopic (exact) mass is 339 g/mol. The van der Waals surface area contributed by atoms with E-state index in [1.54, 1.807) is 25.1 Å². The summed E-state index contributed by atoms with van der Waals surface area (Å²) < 4.78 is 27.1. The molecule has 0 aromatic heterocycles. The van der Waals surface area contributed by atoms with Crippen LogP contribution < -0.4 is 4.72 Å². The lowest BCUT2D eigenvalue weighted by molar-refractivity contribution is 0.0696. The van der Waals surface area contributed by atoms with E-state index in [2.05, 4.69) is 4.72 Å². The molecule has 2 rings (SSSR count). The van der Waals surface area contributed by atoms with Gasteiger partial charge in [0.2, 0.25) is 0 Å². The van der Waals surface area contributed by atoms with E-state index >= 15 is 0 Å². The summed E-state index contributed by atoms with van der Waals surface area (Å²) in [6.45, 7) is 3.44. The van der Waals surface area contributed by atoms with E-state index in [4.69, 9.17) is 16.7 Å². The summed E-state index contributed by atoms with van der Waals surface area (Å²) in [6.07, 6.45) is 0. The van der Waals surface area contributed by atoms with Crippen molar-refractivity contribution in [3.05, 3.63) is 58.1 Å². The minimum Gasteiger partial charge on any atom is -0.478 e. The maximum Gasteiger partial charge on any atom is 0.335 e. The number of hydrogen-bond acceptors (Lipinski definition) is 3. The molecule has 2 aromatic carbocycles. The molecule has 7 heteroatoms. The van der Waals surface area contributed by atoms with E-state index < -0.39 is 16.0 Å². The molecule has 0 radical (unpaired) electrons. The summed E-state index contributed by atoms with van der Waals surface area (Å²) in [5.41, 5.74) is 1.57. The molecule has 0 bridgehead atoms. The van der Waals surface area contributed by atoms with Gasteiger partial charge in [0.1, 0.15) is 0 Å². The zero-order valence-electron chi connectivity index (χ0n) is 11.9. The number of anilines is 1. The first-order valence-corrected chi connectivity index (χ1v) is 8.20. The lowest BCUT2D eigenvalue weighted by atomic mass is 10.1. The normalized spacial score (nSPS) is 11.2. The van der Waals surface area contributed by atoms with Crippen LogP contribution in [0.3, 0.4) is 0 Å². The summed E-state index contributed by atoms with van der Waals surface area (Å²) in [7, 11) is -3.92. The highest BCUT2D eigenvalue weighted by atomic mass is 35.5. The number of aromatic carboxylic acids is 1. The number of carbonyl (C=O) groups is 1. The smallest absolute Gasteiger partial charge is 0.335 e. The number of benzene rings is 2. The van der Waals surface area contributed by atoms with E-state index in [1.807, 2.05) is 6.92 Å². The molecular formula is C15H14ClNO4S. The predicted octanol–water partition coefficient (Wildman–Crippen LogP) is 3.46. The van der Waals surface area contributed by atoms with Crippen molar-refractivity contribution in [2.24, 2.45) is 0 Å². The SMILES string of the molecule is Cc1ccc(NS(=O)(=O)c2ccc(C)c(C(=O)O)c2)c(Cl)c1. The second-order valence-corrected chi connectivity index (χ2v) is 6.96. The molecule has 0 atom stereocenters. The Bertz CT molecular complexity index is 847. The molecule has 22 heavy (non-hydrogen) atoms. The van der Waals surface area contributed by atoms with E-state index in [9.17, 15) is 13.2 Å². The molecule has 0 saturated heterocycles. The van der Waals surface area contributed by atoms with Gasteiger partial charge in [0, 0.05) is 0 Å². The Morgan fingerprint density at radius 1 is 1.14 bits per heavy atom. The van der Waals surface area contributed by atoms with Gasteiger partial charge in [0.05, 0.1) is 21.2 Å². The summed E-state index contributed by atoms with van der Waals surface area (Å²) in [5.74, 6) is -1.18. The molecule has 0 spiro atoms. The van der Waals surface area contributed by atoms with Crippen LogP contribution in [-0.2, 0) is 10.0 Å². The molecule has 2 N–H and O–H groups in total. The molecule has 2 aromatic rings. The lowest BCUT2D eigenvalue weighted by Crippen LogP contribution is -2.14. The maximum absolute atomic E-state index is 12.4. The van der Waals surface area contributed by atoms with Crippen molar-refractivity contribution in [1.82, 2.24) is 0 Å². The molecule has 0 aliphatic rings. The molecule has 0 unspecified atom stereocenters. The van der Waals surface area contributed by atoms with Crippen molar-refractivity contribution >= 4 is 33.3 Å². The molecule has 0 aliphatic heterocycles. The van der Waals surface area contributed by atoms with Gasteiger partial charge in [0.15, 0.2) is 0 Å². The van der Waals surface area contributed by atoms with Crippen LogP contribution in [0.5, 0.6) is 0 Å². The topological polar surface area (TPSA) is 83.5 Å². The zero-order valence-corrected chi connectivity index (χ0v) is 13.5. The average molecular weight is 340 g/mol. The number of carboxylic acids is 1. The molecule has 0 heterocycles. The van der Waals surface area contributed by atoms with Gasteiger partial charge in [-0.3, -0.25) is 4.72 Å². The van der Waals surface area contributed by atoms with Gasteiger partial charge < -0.3 is 5.11 Å². The third kappa shape index (κ3) is 3.40. The van der Waals surface area contributed by atoms with Crippen molar-refractivity contribution in [3.63, 3.8) is 0 Å². The van der Waals surface area contributed by atoms with Gasteiger partial charge in [-0.05, 0) is 49.2 Å². The van der Waals surface area contributed by atoms with Crippen molar-refractivity contribution in [2.45, 2.75) is 18.7 Å². The molecule has 0 saturated carbocycles. The fourth-order valence-corrected chi connectivity index (χ4v) is 3.35. The van der Waals surface area contributed by atoms with Crippen LogP contribution >= 0.6 is 11.6 Å². The summed E-state index contributed by atoms with van der Waals surface area (Å²) >= 11 is 6.01. The van der Waals surface area contributed by atoms with Crippen LogP contribution in [0.15, 0.2) is 41.3 Å². The van der Waals surface area contributed by atoms with Crippen LogP contribution in [0.25, 0.3) is 0 Å². The van der Waals surface area contributed by atoms with Gasteiger partial charge in [0.25, 0.3) is 10.0 Å². The van der Waals surface area contributed by atoms with Crippen LogP contribution in [0, 0.1) is 13.8 Å². The highest BCUT2D eigenvalue weighted by molar-refractivity contribution is 7.92. The highest BCUT2D eigenvalue weighted by Gasteiger charge is 2.18. The Morgan fingerprint density at radius 2 is 1.82 bits per heavy atom. The maximum atomic E-state index is 12.4. The standard InChI is InChI=1S/C15H14ClNO4S/c1-9-3-6-14(13(16)7-9)17-22(20,21)11-5-4-10(2)12(8-11)15(18)19/h3-8,17H,1-2H3,(H,18,19). The zero-order chi connectivity index (χ0) is 16.5. The number of rotatable bonds is 4. The van der Waals surface area contributed by atoms with E-state index in [0.29, 0.717) is 5.56 Å². The van der Waals surface area contributed by atoms with Crippen LogP contribution in [0.1, 0.15) is 21.5 Å². The molecule has 0 fully saturated rings. The number of hydrogen-bond donors (Lipinski definition) is 2. The van der Waals surface area contributed by atoms with Crippen LogP contribution in [-0.4, -0.2) is 19.5 Å². The minimum atomic E-state index is -3.92.